The summed E-state index contributed by atoms with van der Waals surface area (Å²) in [6.07, 6.45) is 5.31. The molecule has 0 spiro atoms. The van der Waals surface area contributed by atoms with Crippen LogP contribution in [0.1, 0.15) is 28.1 Å². The van der Waals surface area contributed by atoms with Crippen molar-refractivity contribution in [2.24, 2.45) is 0 Å². The topological polar surface area (TPSA) is 84.0 Å². The van der Waals surface area contributed by atoms with Crippen molar-refractivity contribution in [2.45, 2.75) is 19.3 Å². The molecule has 0 saturated carbocycles. The predicted octanol–water partition coefficient (Wildman–Crippen LogP) is 4.14. The van der Waals surface area contributed by atoms with Gasteiger partial charge in [0.2, 0.25) is 5.91 Å². The van der Waals surface area contributed by atoms with Crippen molar-refractivity contribution in [3.05, 3.63) is 82.8 Å². The largest absolute Gasteiger partial charge is 0.273 e. The van der Waals surface area contributed by atoms with Gasteiger partial charge in [-0.1, -0.05) is 24.3 Å². The third-order valence-electron chi connectivity index (χ3n) is 4.64. The fourth-order valence-electron chi connectivity index (χ4n) is 3.16. The van der Waals surface area contributed by atoms with Crippen LogP contribution >= 0.6 is 11.3 Å². The molecule has 3 aromatic heterocycles. The number of nitrogens with one attached hydrogen (secondary N) is 2. The highest BCUT2D eigenvalue weighted by Crippen LogP contribution is 2.24. The standard InChI is InChI=1S/C23H20N4O2S/c28-22(11-3-7-17-8-5-13-30-17)26-27-23(29)19-14-21(16-6-4-12-24-15-16)25-20-10-2-1-9-18(19)20/h1-2,4-6,8-10,12-15H,3,7,11H2,(H,26,28)(H,27,29). The molecule has 0 saturated heterocycles. The highest BCUT2D eigenvalue weighted by atomic mass is 32.1. The molecule has 0 aliphatic rings. The molecule has 0 bridgehead atoms. The lowest BCUT2D eigenvalue weighted by Gasteiger charge is -2.11. The lowest BCUT2D eigenvalue weighted by Crippen LogP contribution is -2.41. The predicted molar refractivity (Wildman–Crippen MR) is 118 cm³/mol. The van der Waals surface area contributed by atoms with Crippen LogP contribution in [0.4, 0.5) is 0 Å². The molecule has 3 heterocycles. The molecule has 1 aromatic carbocycles. The number of amides is 2. The summed E-state index contributed by atoms with van der Waals surface area (Å²) in [4.78, 5) is 35.0. The molecular formula is C23H20N4O2S. The van der Waals surface area contributed by atoms with Gasteiger partial charge in [0, 0.05) is 34.6 Å². The quantitative estimate of drug-likeness (QED) is 0.463. The van der Waals surface area contributed by atoms with E-state index in [-0.39, 0.29) is 11.8 Å². The first kappa shape index (κ1) is 19.7. The molecule has 0 radical (unpaired) electrons. The van der Waals surface area contributed by atoms with E-state index in [1.807, 2.05) is 47.8 Å². The summed E-state index contributed by atoms with van der Waals surface area (Å²) >= 11 is 1.68. The molecule has 0 fully saturated rings. The Bertz CT molecular complexity index is 1160. The minimum atomic E-state index is -0.384. The van der Waals surface area contributed by atoms with Crippen LogP contribution in [0.3, 0.4) is 0 Å². The maximum absolute atomic E-state index is 12.8. The van der Waals surface area contributed by atoms with Gasteiger partial charge in [0.1, 0.15) is 0 Å². The average Bonchev–Trinajstić information content (AvgIpc) is 3.31. The molecule has 30 heavy (non-hydrogen) atoms. The van der Waals surface area contributed by atoms with Gasteiger partial charge in [0.25, 0.3) is 5.91 Å². The van der Waals surface area contributed by atoms with E-state index in [1.54, 1.807) is 29.8 Å². The van der Waals surface area contributed by atoms with Gasteiger partial charge < -0.3 is 0 Å². The lowest BCUT2D eigenvalue weighted by molar-refractivity contribution is -0.121. The van der Waals surface area contributed by atoms with Gasteiger partial charge in [-0.15, -0.1) is 11.3 Å². The van der Waals surface area contributed by atoms with Gasteiger partial charge in [-0.25, -0.2) is 4.98 Å². The van der Waals surface area contributed by atoms with Crippen molar-refractivity contribution in [3.63, 3.8) is 0 Å². The Morgan fingerprint density at radius 3 is 2.70 bits per heavy atom. The Hall–Kier alpha value is -3.58. The Morgan fingerprint density at radius 2 is 1.90 bits per heavy atom. The minimum Gasteiger partial charge on any atom is -0.273 e. The van der Waals surface area contributed by atoms with E-state index >= 15 is 0 Å². The van der Waals surface area contributed by atoms with E-state index in [1.165, 1.54) is 4.88 Å². The van der Waals surface area contributed by atoms with Crippen molar-refractivity contribution in [3.8, 4) is 11.3 Å². The van der Waals surface area contributed by atoms with Crippen LogP contribution in [0, 0.1) is 0 Å². The number of benzene rings is 1. The Labute approximate surface area is 178 Å². The highest BCUT2D eigenvalue weighted by molar-refractivity contribution is 7.09. The Kier molecular flexibility index (Phi) is 6.10. The molecule has 0 atom stereocenters. The van der Waals surface area contributed by atoms with Gasteiger partial charge in [0.15, 0.2) is 0 Å². The fraction of sp³-hybridized carbons (Fsp3) is 0.130. The first-order chi connectivity index (χ1) is 14.7. The summed E-state index contributed by atoms with van der Waals surface area (Å²) in [5.74, 6) is -0.601. The number of rotatable bonds is 6. The van der Waals surface area contributed by atoms with Gasteiger partial charge >= 0.3 is 0 Å². The van der Waals surface area contributed by atoms with E-state index in [9.17, 15) is 9.59 Å². The molecule has 4 rings (SSSR count). The molecule has 0 unspecified atom stereocenters. The normalized spacial score (nSPS) is 10.7. The zero-order valence-electron chi connectivity index (χ0n) is 16.2. The lowest BCUT2D eigenvalue weighted by atomic mass is 10.0. The second kappa shape index (κ2) is 9.28. The van der Waals surface area contributed by atoms with Crippen molar-refractivity contribution >= 4 is 34.1 Å². The van der Waals surface area contributed by atoms with Gasteiger partial charge in [0.05, 0.1) is 16.8 Å². The van der Waals surface area contributed by atoms with E-state index in [0.29, 0.717) is 23.2 Å². The zero-order valence-corrected chi connectivity index (χ0v) is 17.0. The number of aromatic nitrogens is 2. The molecule has 2 amide bonds. The zero-order chi connectivity index (χ0) is 20.8. The maximum Gasteiger partial charge on any atom is 0.270 e. The molecule has 6 nitrogen and oxygen atoms in total. The molecule has 2 N–H and O–H groups in total. The second-order valence-corrected chi connectivity index (χ2v) is 7.78. The van der Waals surface area contributed by atoms with Crippen LogP contribution in [0.2, 0.25) is 0 Å². The van der Waals surface area contributed by atoms with Crippen molar-refractivity contribution < 1.29 is 9.59 Å². The SMILES string of the molecule is O=C(CCCc1cccs1)NNC(=O)c1cc(-c2cccnc2)nc2ccccc12. The number of carbonyl (C=O) groups excluding carboxylic acids is 2. The van der Waals surface area contributed by atoms with Crippen molar-refractivity contribution in [1.29, 1.82) is 0 Å². The number of nitrogens with zero attached hydrogens (tertiary/aromatic N) is 2. The fourth-order valence-corrected chi connectivity index (χ4v) is 3.91. The Morgan fingerprint density at radius 1 is 1.00 bits per heavy atom. The first-order valence-electron chi connectivity index (χ1n) is 9.62. The molecular weight excluding hydrogens is 396 g/mol. The summed E-state index contributed by atoms with van der Waals surface area (Å²) in [6.45, 7) is 0. The first-order valence-corrected chi connectivity index (χ1v) is 10.5. The van der Waals surface area contributed by atoms with Crippen LogP contribution in [-0.4, -0.2) is 21.8 Å². The van der Waals surface area contributed by atoms with Crippen molar-refractivity contribution in [1.82, 2.24) is 20.8 Å². The number of pyridine rings is 2. The average molecular weight is 417 g/mol. The number of para-hydroxylation sites is 1. The second-order valence-electron chi connectivity index (χ2n) is 6.75. The minimum absolute atomic E-state index is 0.217. The van der Waals surface area contributed by atoms with Crippen LogP contribution < -0.4 is 10.9 Å². The van der Waals surface area contributed by atoms with E-state index in [4.69, 9.17) is 0 Å². The number of hydrazine groups is 1. The van der Waals surface area contributed by atoms with Gasteiger partial charge in [-0.2, -0.15) is 0 Å². The third-order valence-corrected chi connectivity index (χ3v) is 5.58. The summed E-state index contributed by atoms with van der Waals surface area (Å²) in [7, 11) is 0. The number of fused-ring (bicyclic) bond motifs is 1. The van der Waals surface area contributed by atoms with E-state index < -0.39 is 0 Å². The van der Waals surface area contributed by atoms with Crippen LogP contribution in [0.15, 0.2) is 72.4 Å². The van der Waals surface area contributed by atoms with Crippen LogP contribution in [0.25, 0.3) is 22.2 Å². The summed E-state index contributed by atoms with van der Waals surface area (Å²) in [6, 6.07) is 16.9. The summed E-state index contributed by atoms with van der Waals surface area (Å²) in [5.41, 5.74) is 7.66. The monoisotopic (exact) mass is 416 g/mol. The van der Waals surface area contributed by atoms with E-state index in [2.05, 4.69) is 26.9 Å². The maximum atomic E-state index is 12.8. The molecule has 7 heteroatoms. The number of carbonyl (C=O) groups is 2. The van der Waals surface area contributed by atoms with Crippen LogP contribution in [0.5, 0.6) is 0 Å². The smallest absolute Gasteiger partial charge is 0.270 e. The van der Waals surface area contributed by atoms with E-state index in [0.717, 1.165) is 23.8 Å². The molecule has 4 aromatic rings. The molecule has 150 valence electrons. The van der Waals surface area contributed by atoms with Crippen molar-refractivity contribution in [2.75, 3.05) is 0 Å². The molecule has 0 aliphatic heterocycles. The third kappa shape index (κ3) is 4.69. The number of hydrogen-bond donors (Lipinski definition) is 2. The van der Waals surface area contributed by atoms with Gasteiger partial charge in [-0.05, 0) is 48.6 Å². The number of hydrogen-bond acceptors (Lipinski definition) is 5. The molecule has 0 aliphatic carbocycles. The summed E-state index contributed by atoms with van der Waals surface area (Å²) < 4.78 is 0. The van der Waals surface area contributed by atoms with Crippen LogP contribution in [-0.2, 0) is 11.2 Å². The summed E-state index contributed by atoms with van der Waals surface area (Å²) in [5, 5.41) is 2.74. The van der Waals surface area contributed by atoms with Gasteiger partial charge in [-0.3, -0.25) is 25.4 Å². The Balaban J connectivity index is 1.46. The number of thiophene rings is 1. The number of aryl methyl sites for hydroxylation is 1. The highest BCUT2D eigenvalue weighted by Gasteiger charge is 2.14.